The summed E-state index contributed by atoms with van der Waals surface area (Å²) in [5.41, 5.74) is 8.33. The van der Waals surface area contributed by atoms with Crippen molar-refractivity contribution in [2.45, 2.75) is 13.8 Å². The van der Waals surface area contributed by atoms with Gasteiger partial charge in [0.25, 0.3) is 5.91 Å². The summed E-state index contributed by atoms with van der Waals surface area (Å²) in [5, 5.41) is 2.78. The number of carbonyl (C=O) groups is 1. The molecule has 5 nitrogen and oxygen atoms in total. The number of nitrogens with two attached hydrogens (primary N) is 1. The van der Waals surface area contributed by atoms with Crippen molar-refractivity contribution in [3.63, 3.8) is 0 Å². The number of nitrogens with one attached hydrogen (secondary N) is 1. The van der Waals surface area contributed by atoms with Crippen LogP contribution in [0.25, 0.3) is 0 Å². The fourth-order valence-corrected chi connectivity index (χ4v) is 1.79. The lowest BCUT2D eigenvalue weighted by Gasteiger charge is -2.09. The molecule has 0 fully saturated rings. The van der Waals surface area contributed by atoms with Gasteiger partial charge in [-0.05, 0) is 37.6 Å². The minimum absolute atomic E-state index is 0.208. The van der Waals surface area contributed by atoms with Gasteiger partial charge in [-0.25, -0.2) is 4.98 Å². The molecule has 0 radical (unpaired) electrons. The Morgan fingerprint density at radius 3 is 2.80 bits per heavy atom. The standard InChI is InChI=1S/C15H17N3O2/c1-3-20-14-8-7-11(9-17-14)18-15(19)12-5-4-6-13(16)10(12)2/h4-9H,3,16H2,1-2H3,(H,18,19). The van der Waals surface area contributed by atoms with Gasteiger partial charge in [-0.2, -0.15) is 0 Å². The van der Waals surface area contributed by atoms with Crippen LogP contribution in [-0.2, 0) is 0 Å². The predicted octanol–water partition coefficient (Wildman–Crippen LogP) is 2.62. The maximum atomic E-state index is 12.2. The van der Waals surface area contributed by atoms with Crippen molar-refractivity contribution in [1.29, 1.82) is 0 Å². The quantitative estimate of drug-likeness (QED) is 0.838. The van der Waals surface area contributed by atoms with E-state index in [4.69, 9.17) is 10.5 Å². The Bertz CT molecular complexity index is 609. The summed E-state index contributed by atoms with van der Waals surface area (Å²) < 4.78 is 5.24. The van der Waals surface area contributed by atoms with E-state index < -0.39 is 0 Å². The molecule has 1 aromatic carbocycles. The zero-order valence-corrected chi connectivity index (χ0v) is 11.5. The summed E-state index contributed by atoms with van der Waals surface area (Å²) in [6.07, 6.45) is 1.56. The zero-order chi connectivity index (χ0) is 14.5. The second-order valence-electron chi connectivity index (χ2n) is 4.29. The number of aromatic nitrogens is 1. The van der Waals surface area contributed by atoms with E-state index in [-0.39, 0.29) is 5.91 Å². The number of hydrogen-bond donors (Lipinski definition) is 2. The molecule has 0 unspecified atom stereocenters. The molecule has 1 aromatic heterocycles. The van der Waals surface area contributed by atoms with E-state index in [2.05, 4.69) is 10.3 Å². The third-order valence-electron chi connectivity index (χ3n) is 2.91. The van der Waals surface area contributed by atoms with E-state index in [1.165, 1.54) is 0 Å². The Balaban J connectivity index is 2.13. The number of nitrogen functional groups attached to an aromatic ring is 1. The lowest BCUT2D eigenvalue weighted by atomic mass is 10.1. The Hall–Kier alpha value is -2.56. The highest BCUT2D eigenvalue weighted by atomic mass is 16.5. The van der Waals surface area contributed by atoms with E-state index >= 15 is 0 Å². The molecule has 0 saturated carbocycles. The lowest BCUT2D eigenvalue weighted by molar-refractivity contribution is 0.102. The summed E-state index contributed by atoms with van der Waals surface area (Å²) in [4.78, 5) is 16.3. The molecule has 20 heavy (non-hydrogen) atoms. The number of amides is 1. The van der Waals surface area contributed by atoms with Crippen molar-refractivity contribution in [3.05, 3.63) is 47.7 Å². The van der Waals surface area contributed by atoms with Crippen LogP contribution in [0.2, 0.25) is 0 Å². The minimum Gasteiger partial charge on any atom is -0.478 e. The number of pyridine rings is 1. The van der Waals surface area contributed by atoms with Gasteiger partial charge in [0.15, 0.2) is 0 Å². The third kappa shape index (κ3) is 3.06. The first-order valence-electron chi connectivity index (χ1n) is 6.37. The Labute approximate surface area is 117 Å². The van der Waals surface area contributed by atoms with Crippen molar-refractivity contribution in [1.82, 2.24) is 4.98 Å². The van der Waals surface area contributed by atoms with Crippen LogP contribution in [0.5, 0.6) is 5.88 Å². The van der Waals surface area contributed by atoms with E-state index in [0.29, 0.717) is 29.4 Å². The first-order chi connectivity index (χ1) is 9.61. The molecule has 2 aromatic rings. The maximum absolute atomic E-state index is 12.2. The predicted molar refractivity (Wildman–Crippen MR) is 79.0 cm³/mol. The van der Waals surface area contributed by atoms with E-state index in [9.17, 15) is 4.79 Å². The van der Waals surface area contributed by atoms with Crippen molar-refractivity contribution in [2.24, 2.45) is 0 Å². The molecule has 0 atom stereocenters. The van der Waals surface area contributed by atoms with Gasteiger partial charge in [-0.3, -0.25) is 4.79 Å². The Kier molecular flexibility index (Phi) is 4.20. The molecule has 104 valence electrons. The van der Waals surface area contributed by atoms with Gasteiger partial charge in [0.05, 0.1) is 18.5 Å². The third-order valence-corrected chi connectivity index (χ3v) is 2.91. The molecule has 0 spiro atoms. The fraction of sp³-hybridized carbons (Fsp3) is 0.200. The van der Waals surface area contributed by atoms with E-state index in [0.717, 1.165) is 5.56 Å². The minimum atomic E-state index is -0.208. The summed E-state index contributed by atoms with van der Waals surface area (Å²) in [6, 6.07) is 8.73. The van der Waals surface area contributed by atoms with Gasteiger partial charge in [0.1, 0.15) is 0 Å². The second-order valence-corrected chi connectivity index (χ2v) is 4.29. The Morgan fingerprint density at radius 1 is 1.35 bits per heavy atom. The second kappa shape index (κ2) is 6.06. The van der Waals surface area contributed by atoms with Crippen LogP contribution >= 0.6 is 0 Å². The van der Waals surface area contributed by atoms with Gasteiger partial charge < -0.3 is 15.8 Å². The van der Waals surface area contributed by atoms with Gasteiger partial charge in [0, 0.05) is 17.3 Å². The van der Waals surface area contributed by atoms with Crippen LogP contribution in [0.4, 0.5) is 11.4 Å². The number of ether oxygens (including phenoxy) is 1. The Morgan fingerprint density at radius 2 is 2.15 bits per heavy atom. The van der Waals surface area contributed by atoms with Gasteiger partial charge >= 0.3 is 0 Å². The molecular weight excluding hydrogens is 254 g/mol. The smallest absolute Gasteiger partial charge is 0.256 e. The topological polar surface area (TPSA) is 77.2 Å². The van der Waals surface area contributed by atoms with Crippen LogP contribution in [0.3, 0.4) is 0 Å². The lowest BCUT2D eigenvalue weighted by Crippen LogP contribution is -2.14. The van der Waals surface area contributed by atoms with Crippen LogP contribution in [0.15, 0.2) is 36.5 Å². The normalized spacial score (nSPS) is 10.1. The van der Waals surface area contributed by atoms with Crippen LogP contribution in [0.1, 0.15) is 22.8 Å². The molecule has 0 saturated heterocycles. The van der Waals surface area contributed by atoms with Crippen LogP contribution in [0, 0.1) is 6.92 Å². The van der Waals surface area contributed by atoms with Crippen LogP contribution in [-0.4, -0.2) is 17.5 Å². The van der Waals surface area contributed by atoms with Gasteiger partial charge in [-0.15, -0.1) is 0 Å². The highest BCUT2D eigenvalue weighted by Gasteiger charge is 2.10. The van der Waals surface area contributed by atoms with Gasteiger partial charge in [0.2, 0.25) is 5.88 Å². The highest BCUT2D eigenvalue weighted by Crippen LogP contribution is 2.18. The number of hydrogen-bond acceptors (Lipinski definition) is 4. The number of benzene rings is 1. The molecule has 2 rings (SSSR count). The number of anilines is 2. The number of carbonyl (C=O) groups excluding carboxylic acids is 1. The molecule has 0 aliphatic carbocycles. The van der Waals surface area contributed by atoms with Gasteiger partial charge in [-0.1, -0.05) is 6.07 Å². The average molecular weight is 271 g/mol. The highest BCUT2D eigenvalue weighted by molar-refractivity contribution is 6.05. The zero-order valence-electron chi connectivity index (χ0n) is 11.5. The fourth-order valence-electron chi connectivity index (χ4n) is 1.79. The summed E-state index contributed by atoms with van der Waals surface area (Å²) >= 11 is 0. The molecule has 0 bridgehead atoms. The largest absolute Gasteiger partial charge is 0.478 e. The van der Waals surface area contributed by atoms with Crippen molar-refractivity contribution in [2.75, 3.05) is 17.7 Å². The van der Waals surface area contributed by atoms with E-state index in [1.54, 1.807) is 36.5 Å². The van der Waals surface area contributed by atoms with Crippen molar-refractivity contribution >= 4 is 17.3 Å². The van der Waals surface area contributed by atoms with E-state index in [1.807, 2.05) is 13.8 Å². The average Bonchev–Trinajstić information content (AvgIpc) is 2.44. The summed E-state index contributed by atoms with van der Waals surface area (Å²) in [7, 11) is 0. The molecule has 1 amide bonds. The molecular formula is C15H17N3O2. The summed E-state index contributed by atoms with van der Waals surface area (Å²) in [6.45, 7) is 4.27. The maximum Gasteiger partial charge on any atom is 0.256 e. The number of nitrogens with zero attached hydrogens (tertiary/aromatic N) is 1. The molecule has 0 aliphatic heterocycles. The molecule has 3 N–H and O–H groups in total. The van der Waals surface area contributed by atoms with Crippen molar-refractivity contribution < 1.29 is 9.53 Å². The monoisotopic (exact) mass is 271 g/mol. The summed E-state index contributed by atoms with van der Waals surface area (Å²) in [5.74, 6) is 0.325. The first-order valence-corrected chi connectivity index (χ1v) is 6.37. The molecule has 0 aliphatic rings. The number of rotatable bonds is 4. The first kappa shape index (κ1) is 13.9. The molecule has 5 heteroatoms. The van der Waals surface area contributed by atoms with Crippen molar-refractivity contribution in [3.8, 4) is 5.88 Å². The molecule has 1 heterocycles. The SMILES string of the molecule is CCOc1ccc(NC(=O)c2cccc(N)c2C)cn1. The van der Waals surface area contributed by atoms with Crippen LogP contribution < -0.4 is 15.8 Å².